The molecular formula is C27H32N5O6P. The van der Waals surface area contributed by atoms with Gasteiger partial charge < -0.3 is 19.6 Å². The Balaban J connectivity index is 1.70. The summed E-state index contributed by atoms with van der Waals surface area (Å²) in [5.74, 6) is 1.40. The SMILES string of the molecule is CCCCc1nc2c(N)nc3cc(CCOCCN=C=O)ccc3c2n1Cc1ccc(OP(=O)(O)O)c(C)c1. The van der Waals surface area contributed by atoms with Gasteiger partial charge in [-0.2, -0.15) is 0 Å². The molecule has 0 radical (unpaired) electrons. The summed E-state index contributed by atoms with van der Waals surface area (Å²) in [5.41, 5.74) is 11.3. The molecule has 0 spiro atoms. The van der Waals surface area contributed by atoms with Crippen molar-refractivity contribution in [3.8, 4) is 5.75 Å². The van der Waals surface area contributed by atoms with Crippen LogP contribution in [-0.4, -0.2) is 50.2 Å². The van der Waals surface area contributed by atoms with E-state index in [1.54, 1.807) is 19.1 Å². The topological polar surface area (TPSA) is 162 Å². The number of ether oxygens (including phenoxy) is 1. The van der Waals surface area contributed by atoms with Gasteiger partial charge in [-0.25, -0.2) is 24.3 Å². The van der Waals surface area contributed by atoms with Gasteiger partial charge in [-0.1, -0.05) is 37.6 Å². The molecule has 12 heteroatoms. The van der Waals surface area contributed by atoms with E-state index in [2.05, 4.69) is 21.5 Å². The molecule has 4 aromatic rings. The van der Waals surface area contributed by atoms with E-state index in [1.165, 1.54) is 6.08 Å². The van der Waals surface area contributed by atoms with E-state index in [9.17, 15) is 19.1 Å². The number of phosphoric acid groups is 1. The Labute approximate surface area is 225 Å². The molecule has 0 unspecified atom stereocenters. The van der Waals surface area contributed by atoms with Gasteiger partial charge in [0.05, 0.1) is 30.8 Å². The van der Waals surface area contributed by atoms with E-state index in [4.69, 9.17) is 20.0 Å². The number of nitrogen functional groups attached to an aromatic ring is 1. The first-order chi connectivity index (χ1) is 18.7. The first-order valence-electron chi connectivity index (χ1n) is 12.7. The largest absolute Gasteiger partial charge is 0.524 e. The second-order valence-electron chi connectivity index (χ2n) is 9.28. The monoisotopic (exact) mass is 553 g/mol. The number of nitrogens with zero attached hydrogens (tertiary/aromatic N) is 4. The number of benzene rings is 2. The van der Waals surface area contributed by atoms with Crippen LogP contribution in [0.3, 0.4) is 0 Å². The van der Waals surface area contributed by atoms with E-state index >= 15 is 0 Å². The second kappa shape index (κ2) is 12.5. The summed E-state index contributed by atoms with van der Waals surface area (Å²) in [4.78, 5) is 41.5. The molecule has 206 valence electrons. The van der Waals surface area contributed by atoms with E-state index in [1.807, 2.05) is 24.3 Å². The van der Waals surface area contributed by atoms with Crippen LogP contribution in [0, 0.1) is 6.92 Å². The highest BCUT2D eigenvalue weighted by Crippen LogP contribution is 2.39. The van der Waals surface area contributed by atoms with Gasteiger partial charge in [-0.05, 0) is 48.6 Å². The number of phosphoric ester groups is 1. The first-order valence-corrected chi connectivity index (χ1v) is 14.3. The predicted octanol–water partition coefficient (Wildman–Crippen LogP) is 4.23. The summed E-state index contributed by atoms with van der Waals surface area (Å²) in [6, 6.07) is 11.3. The van der Waals surface area contributed by atoms with Crippen molar-refractivity contribution in [3.63, 3.8) is 0 Å². The fourth-order valence-corrected chi connectivity index (χ4v) is 4.99. The molecule has 4 N–H and O–H groups in total. The van der Waals surface area contributed by atoms with Crippen LogP contribution in [0.15, 0.2) is 41.4 Å². The van der Waals surface area contributed by atoms with Gasteiger partial charge in [0.2, 0.25) is 6.08 Å². The van der Waals surface area contributed by atoms with Gasteiger partial charge in [-0.15, -0.1) is 0 Å². The number of rotatable bonds is 13. The number of carbonyl (C=O) groups excluding carboxylic acids is 1. The lowest BCUT2D eigenvalue weighted by Gasteiger charge is -2.14. The smallest absolute Gasteiger partial charge is 0.404 e. The second-order valence-corrected chi connectivity index (χ2v) is 10.4. The molecule has 0 amide bonds. The molecule has 0 bridgehead atoms. The molecule has 4 rings (SSSR count). The van der Waals surface area contributed by atoms with Crippen LogP contribution < -0.4 is 10.3 Å². The van der Waals surface area contributed by atoms with Crippen molar-refractivity contribution in [2.24, 2.45) is 4.99 Å². The third kappa shape index (κ3) is 7.09. The Kier molecular flexibility index (Phi) is 9.12. The average Bonchev–Trinajstić information content (AvgIpc) is 3.24. The highest BCUT2D eigenvalue weighted by molar-refractivity contribution is 7.46. The normalized spacial score (nSPS) is 11.7. The molecule has 39 heavy (non-hydrogen) atoms. The lowest BCUT2D eigenvalue weighted by Crippen LogP contribution is -2.07. The minimum Gasteiger partial charge on any atom is -0.404 e. The Hall–Kier alpha value is -3.59. The van der Waals surface area contributed by atoms with Crippen molar-refractivity contribution in [1.82, 2.24) is 14.5 Å². The number of aliphatic imine (C=N–C) groups is 1. The minimum absolute atomic E-state index is 0.139. The number of nitrogens with two attached hydrogens (primary N) is 1. The fraction of sp³-hybridized carbons (Fsp3) is 0.370. The third-order valence-electron chi connectivity index (χ3n) is 6.35. The number of aromatic nitrogens is 3. The molecule has 0 aliphatic heterocycles. The maximum atomic E-state index is 11.3. The first kappa shape index (κ1) is 28.4. The number of anilines is 1. The van der Waals surface area contributed by atoms with Crippen LogP contribution in [0.5, 0.6) is 5.75 Å². The van der Waals surface area contributed by atoms with Crippen molar-refractivity contribution in [3.05, 3.63) is 58.9 Å². The molecule has 0 aliphatic rings. The highest BCUT2D eigenvalue weighted by atomic mass is 31.2. The number of isocyanates is 1. The van der Waals surface area contributed by atoms with Gasteiger partial charge in [0, 0.05) is 18.4 Å². The van der Waals surface area contributed by atoms with Crippen molar-refractivity contribution in [2.75, 3.05) is 25.5 Å². The Morgan fingerprint density at radius 3 is 2.62 bits per heavy atom. The molecule has 2 heterocycles. The molecule has 11 nitrogen and oxygen atoms in total. The number of aryl methyl sites for hydroxylation is 2. The number of pyridine rings is 1. The zero-order valence-electron chi connectivity index (χ0n) is 22.0. The lowest BCUT2D eigenvalue weighted by molar-refractivity contribution is 0.145. The standard InChI is InChI=1S/C27H32N5O6P/c1-3-4-5-24-31-25-26(32(24)16-20-7-9-23(18(2)14-20)38-39(34,35)36)21-8-6-19(15-22(21)30-27(25)28)10-12-37-13-11-29-17-33/h6-9,14-15H,3-5,10-13,16H2,1-2H3,(H2,28,30)(H2,34,35,36). The van der Waals surface area contributed by atoms with Gasteiger partial charge in [0.1, 0.15) is 17.1 Å². The molecule has 0 saturated heterocycles. The predicted molar refractivity (Wildman–Crippen MR) is 149 cm³/mol. The van der Waals surface area contributed by atoms with Gasteiger partial charge in [0.15, 0.2) is 5.82 Å². The summed E-state index contributed by atoms with van der Waals surface area (Å²) in [7, 11) is -4.65. The molecule has 0 fully saturated rings. The van der Waals surface area contributed by atoms with E-state index in [-0.39, 0.29) is 5.75 Å². The number of imidazole rings is 1. The fourth-order valence-electron chi connectivity index (χ4n) is 4.53. The third-order valence-corrected chi connectivity index (χ3v) is 6.78. The Bertz CT molecular complexity index is 1570. The van der Waals surface area contributed by atoms with Crippen molar-refractivity contribution in [1.29, 1.82) is 0 Å². The van der Waals surface area contributed by atoms with Crippen LogP contribution >= 0.6 is 7.82 Å². The minimum atomic E-state index is -4.65. The van der Waals surface area contributed by atoms with Crippen LogP contribution in [0.25, 0.3) is 21.9 Å². The number of hydrogen-bond acceptors (Lipinski definition) is 8. The average molecular weight is 554 g/mol. The van der Waals surface area contributed by atoms with Crippen molar-refractivity contribution >= 4 is 41.7 Å². The summed E-state index contributed by atoms with van der Waals surface area (Å²) >= 11 is 0. The zero-order valence-corrected chi connectivity index (χ0v) is 22.9. The molecule has 2 aromatic heterocycles. The molecule has 0 atom stereocenters. The number of unbranched alkanes of at least 4 members (excludes halogenated alkanes) is 1. The van der Waals surface area contributed by atoms with Crippen molar-refractivity contribution in [2.45, 2.75) is 46.1 Å². The van der Waals surface area contributed by atoms with Crippen molar-refractivity contribution < 1.29 is 28.4 Å². The molecule has 2 aromatic carbocycles. The van der Waals surface area contributed by atoms with Gasteiger partial charge >= 0.3 is 7.82 Å². The highest BCUT2D eigenvalue weighted by Gasteiger charge is 2.20. The summed E-state index contributed by atoms with van der Waals surface area (Å²) in [6.45, 7) is 5.50. The van der Waals surface area contributed by atoms with Gasteiger partial charge in [-0.3, -0.25) is 9.79 Å². The van der Waals surface area contributed by atoms with Crippen LogP contribution in [0.1, 0.15) is 42.3 Å². The van der Waals surface area contributed by atoms with Crippen LogP contribution in [0.4, 0.5) is 5.82 Å². The van der Waals surface area contributed by atoms with Crippen LogP contribution in [0.2, 0.25) is 0 Å². The van der Waals surface area contributed by atoms with E-state index in [0.717, 1.165) is 52.6 Å². The number of hydrogen-bond donors (Lipinski definition) is 3. The number of fused-ring (bicyclic) bond motifs is 3. The Morgan fingerprint density at radius 2 is 1.90 bits per heavy atom. The molecule has 0 aliphatic carbocycles. The summed E-state index contributed by atoms with van der Waals surface area (Å²) < 4.78 is 23.8. The zero-order chi connectivity index (χ0) is 28.0. The maximum Gasteiger partial charge on any atom is 0.524 e. The van der Waals surface area contributed by atoms with E-state index < -0.39 is 7.82 Å². The van der Waals surface area contributed by atoms with E-state index in [0.29, 0.717) is 49.6 Å². The lowest BCUT2D eigenvalue weighted by atomic mass is 10.1. The van der Waals surface area contributed by atoms with Crippen LogP contribution in [-0.2, 0) is 33.5 Å². The summed E-state index contributed by atoms with van der Waals surface area (Å²) in [5, 5.41) is 0.928. The van der Waals surface area contributed by atoms with Gasteiger partial charge in [0.25, 0.3) is 0 Å². The Morgan fingerprint density at radius 1 is 1.10 bits per heavy atom. The quantitative estimate of drug-likeness (QED) is 0.0952. The summed E-state index contributed by atoms with van der Waals surface area (Å²) in [6.07, 6.45) is 4.91. The molecular weight excluding hydrogens is 521 g/mol. The molecule has 0 saturated carbocycles. The maximum absolute atomic E-state index is 11.3.